The highest BCUT2D eigenvalue weighted by molar-refractivity contribution is 5.74. The van der Waals surface area contributed by atoms with Crippen LogP contribution in [0.4, 0.5) is 5.95 Å². The van der Waals surface area contributed by atoms with Crippen molar-refractivity contribution >= 4 is 17.1 Å². The summed E-state index contributed by atoms with van der Waals surface area (Å²) in [7, 11) is 1.66. The van der Waals surface area contributed by atoms with Gasteiger partial charge in [-0.1, -0.05) is 44.2 Å². The van der Waals surface area contributed by atoms with Gasteiger partial charge in [-0.15, -0.1) is 0 Å². The lowest BCUT2D eigenvalue weighted by molar-refractivity contribution is 0.397. The molecule has 3 aromatic rings. The van der Waals surface area contributed by atoms with Gasteiger partial charge in [0, 0.05) is 26.7 Å². The van der Waals surface area contributed by atoms with E-state index < -0.39 is 5.69 Å². The van der Waals surface area contributed by atoms with Crippen molar-refractivity contribution in [1.82, 2.24) is 19.1 Å². The van der Waals surface area contributed by atoms with E-state index >= 15 is 0 Å². The number of rotatable bonds is 6. The number of anilines is 1. The molecule has 1 fully saturated rings. The number of piperidine rings is 1. The van der Waals surface area contributed by atoms with Gasteiger partial charge in [0.25, 0.3) is 5.56 Å². The van der Waals surface area contributed by atoms with Gasteiger partial charge < -0.3 is 9.47 Å². The molecule has 0 bridgehead atoms. The first-order valence-electron chi connectivity index (χ1n) is 10.9. The Morgan fingerprint density at radius 2 is 1.83 bits per heavy atom. The number of aromatic nitrogens is 4. The highest BCUT2D eigenvalue weighted by atomic mass is 16.2. The molecule has 160 valence electrons. The van der Waals surface area contributed by atoms with Crippen LogP contribution in [0.5, 0.6) is 0 Å². The Balaban J connectivity index is 1.61. The van der Waals surface area contributed by atoms with Crippen LogP contribution in [-0.4, -0.2) is 32.2 Å². The number of imidazole rings is 1. The van der Waals surface area contributed by atoms with Crippen molar-refractivity contribution in [2.75, 3.05) is 18.0 Å². The first-order valence-corrected chi connectivity index (χ1v) is 10.9. The summed E-state index contributed by atoms with van der Waals surface area (Å²) in [5.41, 5.74) is 1.58. The fourth-order valence-electron chi connectivity index (χ4n) is 4.35. The van der Waals surface area contributed by atoms with Crippen LogP contribution in [0, 0.1) is 11.8 Å². The van der Waals surface area contributed by atoms with Crippen molar-refractivity contribution in [3.63, 3.8) is 0 Å². The van der Waals surface area contributed by atoms with Gasteiger partial charge in [0.1, 0.15) is 0 Å². The fourth-order valence-corrected chi connectivity index (χ4v) is 4.35. The number of hydrogen-bond acceptors (Lipinski definition) is 4. The van der Waals surface area contributed by atoms with E-state index in [1.807, 2.05) is 4.57 Å². The maximum Gasteiger partial charge on any atom is 0.329 e. The zero-order valence-electron chi connectivity index (χ0n) is 18.1. The molecule has 7 heteroatoms. The minimum Gasteiger partial charge on any atom is -0.342 e. The van der Waals surface area contributed by atoms with Crippen LogP contribution in [-0.2, 0) is 20.0 Å². The summed E-state index contributed by atoms with van der Waals surface area (Å²) >= 11 is 0. The number of aromatic amines is 1. The second-order valence-electron chi connectivity index (χ2n) is 8.86. The molecule has 1 aliphatic rings. The minimum absolute atomic E-state index is 0.352. The van der Waals surface area contributed by atoms with E-state index in [9.17, 15) is 9.59 Å². The van der Waals surface area contributed by atoms with Gasteiger partial charge in [0.15, 0.2) is 11.2 Å². The molecule has 4 rings (SSSR count). The van der Waals surface area contributed by atoms with Gasteiger partial charge in [0.05, 0.1) is 0 Å². The third-order valence-corrected chi connectivity index (χ3v) is 6.18. The molecule has 1 aliphatic heterocycles. The summed E-state index contributed by atoms with van der Waals surface area (Å²) in [5, 5.41) is 0. The smallest absolute Gasteiger partial charge is 0.329 e. The zero-order valence-corrected chi connectivity index (χ0v) is 18.1. The van der Waals surface area contributed by atoms with E-state index in [1.165, 1.54) is 10.1 Å². The lowest BCUT2D eigenvalue weighted by Gasteiger charge is -2.33. The summed E-state index contributed by atoms with van der Waals surface area (Å²) in [6, 6.07) is 10.7. The molecule has 3 heterocycles. The fraction of sp³-hybridized carbons (Fsp3) is 0.522. The predicted octanol–water partition coefficient (Wildman–Crippen LogP) is 2.93. The van der Waals surface area contributed by atoms with Gasteiger partial charge in [-0.2, -0.15) is 4.98 Å². The predicted molar refractivity (Wildman–Crippen MR) is 120 cm³/mol. The topological polar surface area (TPSA) is 75.9 Å². The number of aryl methyl sites for hydroxylation is 2. The number of H-pyrrole nitrogens is 1. The number of benzene rings is 1. The number of nitrogens with zero attached hydrogens (tertiary/aromatic N) is 4. The average Bonchev–Trinajstić information content (AvgIpc) is 3.12. The molecule has 2 aromatic heterocycles. The van der Waals surface area contributed by atoms with Crippen molar-refractivity contribution in [3.05, 3.63) is 56.7 Å². The van der Waals surface area contributed by atoms with Gasteiger partial charge in [-0.05, 0) is 43.1 Å². The van der Waals surface area contributed by atoms with Crippen molar-refractivity contribution in [3.8, 4) is 0 Å². The number of nitrogens with one attached hydrogen (secondary N) is 1. The molecule has 1 N–H and O–H groups in total. The van der Waals surface area contributed by atoms with Gasteiger partial charge in [-0.3, -0.25) is 14.3 Å². The third kappa shape index (κ3) is 4.06. The molecule has 0 aliphatic carbocycles. The van der Waals surface area contributed by atoms with Crippen LogP contribution in [0.2, 0.25) is 0 Å². The second-order valence-corrected chi connectivity index (χ2v) is 8.86. The van der Waals surface area contributed by atoms with Crippen LogP contribution in [0.25, 0.3) is 11.2 Å². The van der Waals surface area contributed by atoms with Crippen LogP contribution >= 0.6 is 0 Å². The Morgan fingerprint density at radius 3 is 2.50 bits per heavy atom. The molecule has 0 amide bonds. The van der Waals surface area contributed by atoms with Gasteiger partial charge in [-0.25, -0.2) is 4.79 Å². The Kier molecular flexibility index (Phi) is 5.79. The van der Waals surface area contributed by atoms with Gasteiger partial charge in [0.2, 0.25) is 5.95 Å². The largest absolute Gasteiger partial charge is 0.342 e. The van der Waals surface area contributed by atoms with E-state index in [0.29, 0.717) is 29.5 Å². The Hall–Kier alpha value is -2.83. The second kappa shape index (κ2) is 8.50. The Bertz CT molecular complexity index is 1120. The molecule has 0 saturated carbocycles. The van der Waals surface area contributed by atoms with E-state index in [-0.39, 0.29) is 5.56 Å². The summed E-state index contributed by atoms with van der Waals surface area (Å²) < 4.78 is 3.46. The van der Waals surface area contributed by atoms with Crippen molar-refractivity contribution in [2.45, 2.75) is 46.1 Å². The van der Waals surface area contributed by atoms with Crippen LogP contribution in [0.15, 0.2) is 39.9 Å². The molecule has 30 heavy (non-hydrogen) atoms. The minimum atomic E-state index is -0.422. The maximum atomic E-state index is 12.6. The Morgan fingerprint density at radius 1 is 1.13 bits per heavy atom. The number of fused-ring (bicyclic) bond motifs is 1. The third-order valence-electron chi connectivity index (χ3n) is 6.18. The van der Waals surface area contributed by atoms with E-state index in [0.717, 1.165) is 44.7 Å². The highest BCUT2D eigenvalue weighted by Gasteiger charge is 2.26. The van der Waals surface area contributed by atoms with E-state index in [2.05, 4.69) is 54.1 Å². The first kappa shape index (κ1) is 20.4. The normalized spacial score (nSPS) is 15.4. The molecule has 0 radical (unpaired) electrons. The quantitative estimate of drug-likeness (QED) is 0.679. The molecule has 0 atom stereocenters. The van der Waals surface area contributed by atoms with Crippen LogP contribution < -0.4 is 16.1 Å². The van der Waals surface area contributed by atoms with Crippen molar-refractivity contribution < 1.29 is 0 Å². The lowest BCUT2D eigenvalue weighted by Crippen LogP contribution is -2.36. The molecule has 7 nitrogen and oxygen atoms in total. The van der Waals surface area contributed by atoms with E-state index in [4.69, 9.17) is 4.98 Å². The maximum absolute atomic E-state index is 12.6. The monoisotopic (exact) mass is 409 g/mol. The molecule has 0 spiro atoms. The first-order chi connectivity index (χ1) is 14.4. The van der Waals surface area contributed by atoms with Crippen LogP contribution in [0.1, 0.15) is 38.7 Å². The standard InChI is InChI=1S/C23H31N5O2/c1-16(2)9-14-28-19-20(26(3)23(30)25-21(19)29)24-22(28)27-12-10-18(11-13-27)15-17-7-5-4-6-8-17/h4-8,16,18H,9-15H2,1-3H3,(H,25,29,30). The number of hydrogen-bond donors (Lipinski definition) is 1. The zero-order chi connectivity index (χ0) is 21.3. The Labute approximate surface area is 176 Å². The van der Waals surface area contributed by atoms with Crippen molar-refractivity contribution in [2.24, 2.45) is 18.9 Å². The summed E-state index contributed by atoms with van der Waals surface area (Å²) in [5.74, 6) is 1.99. The molecular weight excluding hydrogens is 378 g/mol. The lowest BCUT2D eigenvalue weighted by atomic mass is 9.90. The SMILES string of the molecule is CC(C)CCn1c(N2CCC(Cc3ccccc3)CC2)nc2c1c(=O)[nH]c(=O)n2C. The van der Waals surface area contributed by atoms with Gasteiger partial charge >= 0.3 is 5.69 Å². The van der Waals surface area contributed by atoms with Crippen molar-refractivity contribution in [1.29, 1.82) is 0 Å². The molecule has 1 saturated heterocycles. The summed E-state index contributed by atoms with van der Waals surface area (Å²) in [6.07, 6.45) is 4.24. The summed E-state index contributed by atoms with van der Waals surface area (Å²) in [4.78, 5) is 34.2. The molecule has 1 aromatic carbocycles. The van der Waals surface area contributed by atoms with Crippen LogP contribution in [0.3, 0.4) is 0 Å². The average molecular weight is 410 g/mol. The molecule has 0 unspecified atom stereocenters. The van der Waals surface area contributed by atoms with E-state index in [1.54, 1.807) is 7.05 Å². The summed E-state index contributed by atoms with van der Waals surface area (Å²) in [6.45, 7) is 6.89. The molecular formula is C23H31N5O2. The highest BCUT2D eigenvalue weighted by Crippen LogP contribution is 2.27.